The van der Waals surface area contributed by atoms with E-state index in [2.05, 4.69) is 51.0 Å². The minimum Gasteiger partial charge on any atom is -0.333 e. The van der Waals surface area contributed by atoms with Crippen LogP contribution in [0.1, 0.15) is 53.1 Å². The second-order valence-corrected chi connectivity index (χ2v) is 8.13. The van der Waals surface area contributed by atoms with Gasteiger partial charge in [-0.2, -0.15) is 0 Å². The number of amides is 1. The lowest BCUT2D eigenvalue weighted by Crippen LogP contribution is -2.48. The zero-order chi connectivity index (χ0) is 19.8. The number of rotatable bonds is 5. The number of pyridine rings is 1. The topological polar surface area (TPSA) is 59.0 Å². The van der Waals surface area contributed by atoms with E-state index in [9.17, 15) is 4.79 Å². The van der Waals surface area contributed by atoms with Crippen LogP contribution in [0.2, 0.25) is 0 Å². The number of hydrogen-bond acceptors (Lipinski definition) is 4. The van der Waals surface area contributed by atoms with Crippen LogP contribution in [0.15, 0.2) is 61.1 Å². The minimum absolute atomic E-state index is 0.0632. The number of carbonyl (C=O) groups excluding carboxylic acids is 1. The van der Waals surface area contributed by atoms with Gasteiger partial charge < -0.3 is 4.90 Å². The Morgan fingerprint density at radius 2 is 1.66 bits per heavy atom. The molecule has 3 aromatic rings. The first-order valence-electron chi connectivity index (χ1n) is 10.3. The molecule has 2 aliphatic rings. The summed E-state index contributed by atoms with van der Waals surface area (Å²) in [5.41, 5.74) is 4.05. The predicted molar refractivity (Wildman–Crippen MR) is 111 cm³/mol. The average molecular weight is 384 g/mol. The van der Waals surface area contributed by atoms with Crippen LogP contribution in [-0.4, -0.2) is 37.8 Å². The van der Waals surface area contributed by atoms with E-state index < -0.39 is 0 Å². The molecule has 0 radical (unpaired) electrons. The van der Waals surface area contributed by atoms with E-state index in [1.165, 1.54) is 11.1 Å². The molecule has 5 rings (SSSR count). The van der Waals surface area contributed by atoms with Gasteiger partial charge in [0.25, 0.3) is 5.91 Å². The zero-order valence-corrected chi connectivity index (χ0v) is 16.5. The standard InChI is InChI=1S/C24H24N4O/c1-16-6-2-3-7-21(16)17-12-20(13-17)28(19-9-10-19)24(29)18-14-26-23(27-15-18)22-8-4-5-11-25-22/h2-8,11,14-15,17,19-20H,9-10,12-13H2,1H3. The van der Waals surface area contributed by atoms with Crippen molar-refractivity contribution in [1.82, 2.24) is 19.9 Å². The molecule has 0 N–H and O–H groups in total. The molecule has 2 saturated carbocycles. The summed E-state index contributed by atoms with van der Waals surface area (Å²) in [5.74, 6) is 1.16. The fourth-order valence-corrected chi connectivity index (χ4v) is 4.31. The second-order valence-electron chi connectivity index (χ2n) is 8.13. The fourth-order valence-electron chi connectivity index (χ4n) is 4.31. The molecule has 146 valence electrons. The molecular formula is C24H24N4O. The highest BCUT2D eigenvalue weighted by atomic mass is 16.2. The largest absolute Gasteiger partial charge is 0.333 e. The van der Waals surface area contributed by atoms with Gasteiger partial charge in [-0.05, 0) is 61.8 Å². The minimum atomic E-state index is 0.0632. The summed E-state index contributed by atoms with van der Waals surface area (Å²) in [7, 11) is 0. The third kappa shape index (κ3) is 3.53. The van der Waals surface area contributed by atoms with E-state index in [0.717, 1.165) is 25.7 Å². The zero-order valence-electron chi connectivity index (χ0n) is 16.5. The molecule has 1 amide bonds. The van der Waals surface area contributed by atoms with E-state index in [1.54, 1.807) is 18.6 Å². The lowest BCUT2D eigenvalue weighted by molar-refractivity contribution is 0.0516. The van der Waals surface area contributed by atoms with Crippen molar-refractivity contribution in [3.05, 3.63) is 77.7 Å². The van der Waals surface area contributed by atoms with Crippen molar-refractivity contribution in [3.8, 4) is 11.5 Å². The van der Waals surface area contributed by atoms with Gasteiger partial charge >= 0.3 is 0 Å². The Bertz CT molecular complexity index is 1010. The second kappa shape index (κ2) is 7.39. The molecule has 0 atom stereocenters. The molecule has 0 spiro atoms. The van der Waals surface area contributed by atoms with E-state index in [-0.39, 0.29) is 5.91 Å². The Morgan fingerprint density at radius 3 is 2.31 bits per heavy atom. The van der Waals surface area contributed by atoms with Gasteiger partial charge in [0.2, 0.25) is 0 Å². The number of hydrogen-bond donors (Lipinski definition) is 0. The van der Waals surface area contributed by atoms with Gasteiger partial charge in [-0.25, -0.2) is 9.97 Å². The van der Waals surface area contributed by atoms with E-state index in [4.69, 9.17) is 0 Å². The molecule has 5 heteroatoms. The normalized spacial score (nSPS) is 20.7. The predicted octanol–water partition coefficient (Wildman–Crippen LogP) is 4.40. The highest BCUT2D eigenvalue weighted by molar-refractivity contribution is 5.94. The maximum atomic E-state index is 13.2. The molecule has 0 saturated heterocycles. The summed E-state index contributed by atoms with van der Waals surface area (Å²) in [6.45, 7) is 2.17. The molecule has 29 heavy (non-hydrogen) atoms. The van der Waals surface area contributed by atoms with Crippen LogP contribution < -0.4 is 0 Å². The summed E-state index contributed by atoms with van der Waals surface area (Å²) < 4.78 is 0. The molecule has 1 aromatic carbocycles. The molecule has 2 aliphatic carbocycles. The number of carbonyl (C=O) groups is 1. The highest BCUT2D eigenvalue weighted by Gasteiger charge is 2.44. The van der Waals surface area contributed by atoms with Crippen molar-refractivity contribution >= 4 is 5.91 Å². The first-order chi connectivity index (χ1) is 14.2. The van der Waals surface area contributed by atoms with Crippen LogP contribution in [-0.2, 0) is 0 Å². The van der Waals surface area contributed by atoms with Gasteiger partial charge in [0.1, 0.15) is 5.69 Å². The molecule has 0 bridgehead atoms. The Hall–Kier alpha value is -3.08. The molecule has 0 aliphatic heterocycles. The van der Waals surface area contributed by atoms with E-state index >= 15 is 0 Å². The Labute approximate surface area is 170 Å². The van der Waals surface area contributed by atoms with Crippen molar-refractivity contribution in [2.45, 2.75) is 50.6 Å². The van der Waals surface area contributed by atoms with Crippen molar-refractivity contribution in [3.63, 3.8) is 0 Å². The smallest absolute Gasteiger partial charge is 0.257 e. The third-order valence-electron chi connectivity index (χ3n) is 6.10. The van der Waals surface area contributed by atoms with Crippen molar-refractivity contribution < 1.29 is 4.79 Å². The van der Waals surface area contributed by atoms with E-state index in [0.29, 0.717) is 35.1 Å². The summed E-state index contributed by atoms with van der Waals surface area (Å²) in [4.78, 5) is 28.4. The lowest BCUT2D eigenvalue weighted by atomic mass is 9.73. The number of benzene rings is 1. The molecule has 2 heterocycles. The van der Waals surface area contributed by atoms with Gasteiger partial charge in [-0.3, -0.25) is 9.78 Å². The van der Waals surface area contributed by atoms with Crippen molar-refractivity contribution in [1.29, 1.82) is 0 Å². The number of aromatic nitrogens is 3. The first kappa shape index (κ1) is 18.0. The van der Waals surface area contributed by atoms with Crippen LogP contribution in [0.5, 0.6) is 0 Å². The summed E-state index contributed by atoms with van der Waals surface area (Å²) in [5, 5.41) is 0. The molecule has 5 nitrogen and oxygen atoms in total. The SMILES string of the molecule is Cc1ccccc1C1CC(N(C(=O)c2cnc(-c3ccccn3)nc2)C2CC2)C1. The van der Waals surface area contributed by atoms with Crippen LogP contribution >= 0.6 is 0 Å². The maximum Gasteiger partial charge on any atom is 0.257 e. The third-order valence-corrected chi connectivity index (χ3v) is 6.10. The van der Waals surface area contributed by atoms with Crippen molar-refractivity contribution in [2.24, 2.45) is 0 Å². The Balaban J connectivity index is 1.31. The fraction of sp³-hybridized carbons (Fsp3) is 0.333. The van der Waals surface area contributed by atoms with Gasteiger partial charge in [0.05, 0.1) is 5.56 Å². The molecular weight excluding hydrogens is 360 g/mol. The summed E-state index contributed by atoms with van der Waals surface area (Å²) in [6.07, 6.45) is 9.29. The summed E-state index contributed by atoms with van der Waals surface area (Å²) in [6, 6.07) is 14.9. The average Bonchev–Trinajstić information content (AvgIpc) is 3.57. The van der Waals surface area contributed by atoms with Gasteiger partial charge in [-0.1, -0.05) is 30.3 Å². The lowest BCUT2D eigenvalue weighted by Gasteiger charge is -2.44. The quantitative estimate of drug-likeness (QED) is 0.654. The molecule has 0 unspecified atom stereocenters. The highest BCUT2D eigenvalue weighted by Crippen LogP contribution is 2.44. The van der Waals surface area contributed by atoms with E-state index in [1.807, 2.05) is 18.2 Å². The van der Waals surface area contributed by atoms with Gasteiger partial charge in [0.15, 0.2) is 5.82 Å². The molecule has 2 aromatic heterocycles. The first-order valence-corrected chi connectivity index (χ1v) is 10.3. The van der Waals surface area contributed by atoms with Crippen LogP contribution in [0.4, 0.5) is 0 Å². The van der Waals surface area contributed by atoms with Gasteiger partial charge in [-0.15, -0.1) is 0 Å². The van der Waals surface area contributed by atoms with Crippen LogP contribution in [0, 0.1) is 6.92 Å². The van der Waals surface area contributed by atoms with Crippen LogP contribution in [0.3, 0.4) is 0 Å². The van der Waals surface area contributed by atoms with Crippen molar-refractivity contribution in [2.75, 3.05) is 0 Å². The number of aryl methyl sites for hydroxylation is 1. The summed E-state index contributed by atoms with van der Waals surface area (Å²) >= 11 is 0. The monoisotopic (exact) mass is 384 g/mol. The van der Waals surface area contributed by atoms with Gasteiger partial charge in [0, 0.05) is 30.7 Å². The Kier molecular flexibility index (Phi) is 4.58. The molecule has 2 fully saturated rings. The Morgan fingerprint density at radius 1 is 0.931 bits per heavy atom. The maximum absolute atomic E-state index is 13.2. The number of nitrogens with zero attached hydrogens (tertiary/aromatic N) is 4. The van der Waals surface area contributed by atoms with Crippen LogP contribution in [0.25, 0.3) is 11.5 Å².